The molecule has 2 aromatic rings. The van der Waals surface area contributed by atoms with Gasteiger partial charge in [-0.2, -0.15) is 0 Å². The zero-order valence-corrected chi connectivity index (χ0v) is 14.3. The van der Waals surface area contributed by atoms with E-state index in [9.17, 15) is 4.79 Å². The van der Waals surface area contributed by atoms with Gasteiger partial charge in [-0.05, 0) is 42.2 Å². The average molecular weight is 332 g/mol. The third kappa shape index (κ3) is 5.61. The quantitative estimate of drug-likeness (QED) is 0.703. The highest BCUT2D eigenvalue weighted by Gasteiger charge is 2.05. The Balaban J connectivity index is 1.70. The molecule has 0 bridgehead atoms. The molecule has 0 atom stereocenters. The molecule has 0 spiro atoms. The van der Waals surface area contributed by atoms with Crippen molar-refractivity contribution < 1.29 is 9.53 Å². The number of carbonyl (C=O) groups is 1. The smallest absolute Gasteiger partial charge is 0.224 e. The Bertz CT molecular complexity index is 638. The van der Waals surface area contributed by atoms with E-state index >= 15 is 0 Å². The zero-order chi connectivity index (χ0) is 16.7. The van der Waals surface area contributed by atoms with E-state index in [2.05, 4.69) is 31.3 Å². The molecule has 1 amide bonds. The first-order valence-corrected chi connectivity index (χ1v) is 8.21. The lowest BCUT2D eigenvalue weighted by Crippen LogP contribution is -2.13. The molecular weight excluding hydrogens is 310 g/mol. The van der Waals surface area contributed by atoms with Gasteiger partial charge >= 0.3 is 0 Å². The van der Waals surface area contributed by atoms with Crippen molar-refractivity contribution >= 4 is 23.2 Å². The topological polar surface area (TPSA) is 38.3 Å². The van der Waals surface area contributed by atoms with Gasteiger partial charge in [0.1, 0.15) is 5.75 Å². The Labute approximate surface area is 142 Å². The van der Waals surface area contributed by atoms with E-state index in [0.717, 1.165) is 5.75 Å². The molecule has 3 nitrogen and oxygen atoms in total. The van der Waals surface area contributed by atoms with Crippen molar-refractivity contribution in [3.8, 4) is 5.75 Å². The van der Waals surface area contributed by atoms with E-state index in [1.165, 1.54) is 5.56 Å². The first kappa shape index (κ1) is 17.4. The van der Waals surface area contributed by atoms with Gasteiger partial charge in [0.15, 0.2) is 0 Å². The Hall–Kier alpha value is -2.00. The third-order valence-corrected chi connectivity index (χ3v) is 3.84. The second-order valence-electron chi connectivity index (χ2n) is 5.70. The van der Waals surface area contributed by atoms with Crippen LogP contribution in [0.3, 0.4) is 0 Å². The van der Waals surface area contributed by atoms with Gasteiger partial charge in [-0.1, -0.05) is 49.7 Å². The van der Waals surface area contributed by atoms with Crippen LogP contribution in [0.25, 0.3) is 0 Å². The Kier molecular flexibility index (Phi) is 6.48. The lowest BCUT2D eigenvalue weighted by molar-refractivity contribution is -0.116. The van der Waals surface area contributed by atoms with E-state index < -0.39 is 0 Å². The molecule has 23 heavy (non-hydrogen) atoms. The standard InChI is InChI=1S/C19H22ClNO2/c1-14(2)15-9-11-16(12-10-15)23-13-5-8-19(22)21-18-7-4-3-6-17(18)20/h3-4,6-7,9-12,14H,5,8,13H2,1-2H3,(H,21,22). The maximum Gasteiger partial charge on any atom is 0.224 e. The fourth-order valence-corrected chi connectivity index (χ4v) is 2.33. The molecule has 0 radical (unpaired) electrons. The summed E-state index contributed by atoms with van der Waals surface area (Å²) in [6.07, 6.45) is 1.05. The maximum atomic E-state index is 11.9. The minimum atomic E-state index is -0.0585. The van der Waals surface area contributed by atoms with Crippen molar-refractivity contribution in [3.63, 3.8) is 0 Å². The predicted octanol–water partition coefficient (Wildman–Crippen LogP) is 5.26. The van der Waals surface area contributed by atoms with Gasteiger partial charge in [0.2, 0.25) is 5.91 Å². The van der Waals surface area contributed by atoms with Gasteiger partial charge in [-0.25, -0.2) is 0 Å². The Morgan fingerprint density at radius 2 is 1.83 bits per heavy atom. The third-order valence-electron chi connectivity index (χ3n) is 3.51. The predicted molar refractivity (Wildman–Crippen MR) is 95.3 cm³/mol. The van der Waals surface area contributed by atoms with E-state index in [1.807, 2.05) is 24.3 Å². The summed E-state index contributed by atoms with van der Waals surface area (Å²) in [7, 11) is 0. The van der Waals surface area contributed by atoms with Crippen LogP contribution >= 0.6 is 11.6 Å². The summed E-state index contributed by atoms with van der Waals surface area (Å²) in [4.78, 5) is 11.9. The molecule has 0 aliphatic heterocycles. The maximum absolute atomic E-state index is 11.9. The molecule has 122 valence electrons. The van der Waals surface area contributed by atoms with Crippen LogP contribution in [0, 0.1) is 0 Å². The number of para-hydroxylation sites is 1. The van der Waals surface area contributed by atoms with Crippen molar-refractivity contribution in [2.75, 3.05) is 11.9 Å². The van der Waals surface area contributed by atoms with Crippen LogP contribution in [-0.2, 0) is 4.79 Å². The van der Waals surface area contributed by atoms with Crippen LogP contribution in [0.2, 0.25) is 5.02 Å². The minimum Gasteiger partial charge on any atom is -0.494 e. The number of benzene rings is 2. The molecule has 2 rings (SSSR count). The van der Waals surface area contributed by atoms with Crippen molar-refractivity contribution in [3.05, 3.63) is 59.1 Å². The Morgan fingerprint density at radius 1 is 1.13 bits per heavy atom. The molecule has 0 heterocycles. The molecule has 0 aromatic heterocycles. The molecule has 0 unspecified atom stereocenters. The van der Waals surface area contributed by atoms with Crippen LogP contribution < -0.4 is 10.1 Å². The summed E-state index contributed by atoms with van der Waals surface area (Å²) in [5.41, 5.74) is 1.93. The first-order chi connectivity index (χ1) is 11.1. The highest BCUT2D eigenvalue weighted by molar-refractivity contribution is 6.33. The van der Waals surface area contributed by atoms with Crippen molar-refractivity contribution in [1.29, 1.82) is 0 Å². The van der Waals surface area contributed by atoms with Crippen molar-refractivity contribution in [2.45, 2.75) is 32.6 Å². The van der Waals surface area contributed by atoms with E-state index in [0.29, 0.717) is 36.1 Å². The van der Waals surface area contributed by atoms with Gasteiger partial charge < -0.3 is 10.1 Å². The monoisotopic (exact) mass is 331 g/mol. The largest absolute Gasteiger partial charge is 0.494 e. The van der Waals surface area contributed by atoms with Crippen molar-refractivity contribution in [1.82, 2.24) is 0 Å². The van der Waals surface area contributed by atoms with E-state index in [1.54, 1.807) is 12.1 Å². The second-order valence-corrected chi connectivity index (χ2v) is 6.11. The molecule has 0 aliphatic rings. The summed E-state index contributed by atoms with van der Waals surface area (Å²) >= 11 is 6.01. The molecule has 4 heteroatoms. The number of hydrogen-bond donors (Lipinski definition) is 1. The number of hydrogen-bond acceptors (Lipinski definition) is 2. The molecule has 0 saturated heterocycles. The summed E-state index contributed by atoms with van der Waals surface area (Å²) in [5.74, 6) is 1.29. The fourth-order valence-electron chi connectivity index (χ4n) is 2.15. The van der Waals surface area contributed by atoms with Gasteiger partial charge in [-0.3, -0.25) is 4.79 Å². The second kappa shape index (κ2) is 8.59. The number of anilines is 1. The SMILES string of the molecule is CC(C)c1ccc(OCCCC(=O)Nc2ccccc2Cl)cc1. The summed E-state index contributed by atoms with van der Waals surface area (Å²) in [6.45, 7) is 4.83. The number of halogens is 1. The zero-order valence-electron chi connectivity index (χ0n) is 13.5. The van der Waals surface area contributed by atoms with Gasteiger partial charge in [-0.15, -0.1) is 0 Å². The molecular formula is C19H22ClNO2. The normalized spacial score (nSPS) is 10.6. The number of rotatable bonds is 7. The fraction of sp³-hybridized carbons (Fsp3) is 0.316. The molecule has 1 N–H and O–H groups in total. The van der Waals surface area contributed by atoms with E-state index in [4.69, 9.17) is 16.3 Å². The number of nitrogens with one attached hydrogen (secondary N) is 1. The summed E-state index contributed by atoms with van der Waals surface area (Å²) in [6, 6.07) is 15.3. The molecule has 0 aliphatic carbocycles. The first-order valence-electron chi connectivity index (χ1n) is 7.83. The van der Waals surface area contributed by atoms with Crippen LogP contribution in [0.15, 0.2) is 48.5 Å². The summed E-state index contributed by atoms with van der Waals surface area (Å²) < 4.78 is 5.66. The lowest BCUT2D eigenvalue weighted by Gasteiger charge is -2.09. The Morgan fingerprint density at radius 3 is 2.48 bits per heavy atom. The number of ether oxygens (including phenoxy) is 1. The highest BCUT2D eigenvalue weighted by Crippen LogP contribution is 2.21. The van der Waals surface area contributed by atoms with Gasteiger partial charge in [0.25, 0.3) is 0 Å². The highest BCUT2D eigenvalue weighted by atomic mass is 35.5. The number of amides is 1. The molecule has 2 aromatic carbocycles. The van der Waals surface area contributed by atoms with Crippen LogP contribution in [0.1, 0.15) is 38.2 Å². The van der Waals surface area contributed by atoms with Crippen molar-refractivity contribution in [2.24, 2.45) is 0 Å². The van der Waals surface area contributed by atoms with Gasteiger partial charge in [0.05, 0.1) is 17.3 Å². The summed E-state index contributed by atoms with van der Waals surface area (Å²) in [5, 5.41) is 3.35. The van der Waals surface area contributed by atoms with Crippen LogP contribution in [0.4, 0.5) is 5.69 Å². The lowest BCUT2D eigenvalue weighted by atomic mass is 10.0. The molecule has 0 saturated carbocycles. The van der Waals surface area contributed by atoms with E-state index in [-0.39, 0.29) is 5.91 Å². The van der Waals surface area contributed by atoms with Crippen LogP contribution in [-0.4, -0.2) is 12.5 Å². The average Bonchev–Trinajstić information content (AvgIpc) is 2.54. The van der Waals surface area contributed by atoms with Crippen LogP contribution in [0.5, 0.6) is 5.75 Å². The molecule has 0 fully saturated rings. The van der Waals surface area contributed by atoms with Gasteiger partial charge in [0, 0.05) is 6.42 Å². The minimum absolute atomic E-state index is 0.0585. The number of carbonyl (C=O) groups excluding carboxylic acids is 1.